The summed E-state index contributed by atoms with van der Waals surface area (Å²) in [6.07, 6.45) is 1.89. The zero-order valence-electron chi connectivity index (χ0n) is 11.7. The number of rotatable bonds is 6. The summed E-state index contributed by atoms with van der Waals surface area (Å²) in [6.45, 7) is 0.596. The van der Waals surface area contributed by atoms with Gasteiger partial charge in [-0.1, -0.05) is 18.2 Å². The predicted octanol–water partition coefficient (Wildman–Crippen LogP) is 0.756. The zero-order valence-corrected chi connectivity index (χ0v) is 11.7. The van der Waals surface area contributed by atoms with Gasteiger partial charge in [-0.3, -0.25) is 0 Å². The molecule has 1 aromatic carbocycles. The van der Waals surface area contributed by atoms with E-state index in [0.29, 0.717) is 18.7 Å². The fourth-order valence-corrected chi connectivity index (χ4v) is 1.45. The second-order valence-corrected chi connectivity index (χ2v) is 3.94. The van der Waals surface area contributed by atoms with Crippen molar-refractivity contribution in [3.8, 4) is 5.75 Å². The molecule has 0 bridgehead atoms. The molecule has 1 aromatic rings. The second-order valence-electron chi connectivity index (χ2n) is 3.94. The Kier molecular flexibility index (Phi) is 9.23. The predicted molar refractivity (Wildman–Crippen MR) is 78.0 cm³/mol. The third-order valence-corrected chi connectivity index (χ3v) is 2.38. The largest absolute Gasteiger partial charge is 0.496 e. The van der Waals surface area contributed by atoms with Crippen LogP contribution in [0.15, 0.2) is 36.4 Å². The first-order valence-corrected chi connectivity index (χ1v) is 6.14. The highest BCUT2D eigenvalue weighted by Gasteiger charge is 2.09. The number of benzene rings is 1. The Morgan fingerprint density at radius 1 is 1.24 bits per heavy atom. The molecule has 0 aromatic heterocycles. The monoisotopic (exact) mass is 296 g/mol. The molecule has 116 valence electrons. The molecule has 6 N–H and O–H groups in total. The summed E-state index contributed by atoms with van der Waals surface area (Å²) in [4.78, 5) is 19.1. The van der Waals surface area contributed by atoms with Gasteiger partial charge in [0, 0.05) is 23.8 Å². The molecule has 1 atom stereocenters. The Hall–Kier alpha value is -2.38. The van der Waals surface area contributed by atoms with Crippen LogP contribution in [0.2, 0.25) is 0 Å². The maximum Gasteiger partial charge on any atom is 0.328 e. The van der Waals surface area contributed by atoms with E-state index in [1.165, 1.54) is 0 Å². The fourth-order valence-electron chi connectivity index (χ4n) is 1.45. The lowest BCUT2D eigenvalue weighted by molar-refractivity contribution is -0.134. The maximum atomic E-state index is 9.55. The minimum absolute atomic E-state index is 0.0267. The van der Waals surface area contributed by atoms with Crippen molar-refractivity contribution in [2.45, 2.75) is 12.5 Å². The lowest BCUT2D eigenvalue weighted by Crippen LogP contribution is -2.15. The van der Waals surface area contributed by atoms with Crippen molar-refractivity contribution in [1.29, 1.82) is 0 Å². The number of carboxylic acids is 2. The van der Waals surface area contributed by atoms with Gasteiger partial charge in [0.1, 0.15) is 5.75 Å². The van der Waals surface area contributed by atoms with E-state index in [4.69, 9.17) is 26.4 Å². The lowest BCUT2D eigenvalue weighted by atomic mass is 10.0. The molecule has 7 heteroatoms. The first kappa shape index (κ1) is 18.6. The normalized spacial score (nSPS) is 11.4. The molecule has 0 amide bonds. The standard InChI is InChI=1S/C10H16N2O.C4H4O4/c1-13-10-5-3-2-4-8(10)9(12)6-7-11;5-3(6)1-2-4(7)8/h2-5,9H,6-7,11-12H2,1H3;1-2H,(H,5,6)(H,7,8)/b;2-1-. The number of hydrogen-bond donors (Lipinski definition) is 4. The summed E-state index contributed by atoms with van der Waals surface area (Å²) in [5.74, 6) is -1.68. The van der Waals surface area contributed by atoms with Gasteiger partial charge in [-0.25, -0.2) is 9.59 Å². The van der Waals surface area contributed by atoms with Gasteiger partial charge in [-0.2, -0.15) is 0 Å². The summed E-state index contributed by atoms with van der Waals surface area (Å²) in [6, 6.07) is 7.73. The average molecular weight is 296 g/mol. The van der Waals surface area contributed by atoms with Crippen LogP contribution in [0.3, 0.4) is 0 Å². The number of carbonyl (C=O) groups is 2. The van der Waals surface area contributed by atoms with E-state index in [2.05, 4.69) is 0 Å². The van der Waals surface area contributed by atoms with Crippen molar-refractivity contribution in [3.05, 3.63) is 42.0 Å². The van der Waals surface area contributed by atoms with E-state index < -0.39 is 11.9 Å². The number of carboxylic acid groups (broad SMARTS) is 2. The number of para-hydroxylation sites is 1. The van der Waals surface area contributed by atoms with Gasteiger partial charge < -0.3 is 26.4 Å². The van der Waals surface area contributed by atoms with Crippen molar-refractivity contribution >= 4 is 11.9 Å². The maximum absolute atomic E-state index is 9.55. The van der Waals surface area contributed by atoms with Crippen LogP contribution in [0.1, 0.15) is 18.0 Å². The van der Waals surface area contributed by atoms with E-state index in [1.54, 1.807) is 7.11 Å². The minimum atomic E-state index is -1.26. The fraction of sp³-hybridized carbons (Fsp3) is 0.286. The summed E-state index contributed by atoms with van der Waals surface area (Å²) in [7, 11) is 1.65. The molecule has 0 saturated carbocycles. The second kappa shape index (κ2) is 10.4. The van der Waals surface area contributed by atoms with Crippen molar-refractivity contribution in [2.75, 3.05) is 13.7 Å². The van der Waals surface area contributed by atoms with Gasteiger partial charge in [0.15, 0.2) is 0 Å². The highest BCUT2D eigenvalue weighted by atomic mass is 16.5. The first-order valence-electron chi connectivity index (χ1n) is 6.14. The van der Waals surface area contributed by atoms with Crippen LogP contribution in [0.5, 0.6) is 5.75 Å². The highest BCUT2D eigenvalue weighted by molar-refractivity contribution is 5.89. The lowest BCUT2D eigenvalue weighted by Gasteiger charge is -2.14. The van der Waals surface area contributed by atoms with Gasteiger partial charge >= 0.3 is 11.9 Å². The highest BCUT2D eigenvalue weighted by Crippen LogP contribution is 2.24. The summed E-state index contributed by atoms with van der Waals surface area (Å²) >= 11 is 0. The molecule has 1 rings (SSSR count). The van der Waals surface area contributed by atoms with Crippen molar-refractivity contribution in [2.24, 2.45) is 11.5 Å². The third-order valence-electron chi connectivity index (χ3n) is 2.38. The van der Waals surface area contributed by atoms with Crippen molar-refractivity contribution < 1.29 is 24.5 Å². The van der Waals surface area contributed by atoms with Crippen LogP contribution < -0.4 is 16.2 Å². The molecule has 0 fully saturated rings. The summed E-state index contributed by atoms with van der Waals surface area (Å²) < 4.78 is 5.19. The molecule has 0 aliphatic heterocycles. The third kappa shape index (κ3) is 8.40. The van der Waals surface area contributed by atoms with E-state index >= 15 is 0 Å². The smallest absolute Gasteiger partial charge is 0.328 e. The van der Waals surface area contributed by atoms with Gasteiger partial charge in [0.05, 0.1) is 7.11 Å². The first-order chi connectivity index (χ1) is 9.92. The molecular weight excluding hydrogens is 276 g/mol. The molecular formula is C14H20N2O5. The molecule has 0 aliphatic carbocycles. The Labute approximate surface area is 122 Å². The quantitative estimate of drug-likeness (QED) is 0.569. The number of ether oxygens (including phenoxy) is 1. The van der Waals surface area contributed by atoms with Crippen LogP contribution in [0, 0.1) is 0 Å². The van der Waals surface area contributed by atoms with Gasteiger partial charge in [-0.15, -0.1) is 0 Å². The van der Waals surface area contributed by atoms with E-state index in [1.807, 2.05) is 24.3 Å². The number of hydrogen-bond acceptors (Lipinski definition) is 5. The molecule has 0 saturated heterocycles. The Bertz CT molecular complexity index is 472. The van der Waals surface area contributed by atoms with Crippen LogP contribution in [-0.4, -0.2) is 35.8 Å². The molecule has 1 unspecified atom stereocenters. The Morgan fingerprint density at radius 2 is 1.76 bits per heavy atom. The number of nitrogens with two attached hydrogens (primary N) is 2. The minimum Gasteiger partial charge on any atom is -0.496 e. The zero-order chi connectivity index (χ0) is 16.3. The molecule has 21 heavy (non-hydrogen) atoms. The van der Waals surface area contributed by atoms with Crippen molar-refractivity contribution in [1.82, 2.24) is 0 Å². The van der Waals surface area contributed by atoms with Crippen LogP contribution in [0.4, 0.5) is 0 Å². The molecule has 0 aliphatic rings. The SMILES string of the molecule is COc1ccccc1C(N)CCN.O=C(O)/C=C\C(=O)O. The average Bonchev–Trinajstić information content (AvgIpc) is 2.46. The van der Waals surface area contributed by atoms with E-state index in [0.717, 1.165) is 17.7 Å². The number of aliphatic carboxylic acids is 2. The van der Waals surface area contributed by atoms with Crippen LogP contribution in [-0.2, 0) is 9.59 Å². The Balaban J connectivity index is 0.000000433. The molecule has 0 radical (unpaired) electrons. The van der Waals surface area contributed by atoms with Crippen molar-refractivity contribution in [3.63, 3.8) is 0 Å². The molecule has 0 heterocycles. The summed E-state index contributed by atoms with van der Waals surface area (Å²) in [5.41, 5.74) is 12.4. The van der Waals surface area contributed by atoms with Gasteiger partial charge in [-0.05, 0) is 19.0 Å². The van der Waals surface area contributed by atoms with Crippen LogP contribution in [0.25, 0.3) is 0 Å². The topological polar surface area (TPSA) is 136 Å². The van der Waals surface area contributed by atoms with E-state index in [-0.39, 0.29) is 6.04 Å². The van der Waals surface area contributed by atoms with Crippen LogP contribution >= 0.6 is 0 Å². The molecule has 0 spiro atoms. The van der Waals surface area contributed by atoms with Gasteiger partial charge in [0.25, 0.3) is 0 Å². The van der Waals surface area contributed by atoms with E-state index in [9.17, 15) is 9.59 Å². The molecule has 7 nitrogen and oxygen atoms in total. The number of methoxy groups -OCH3 is 1. The summed E-state index contributed by atoms with van der Waals surface area (Å²) in [5, 5.41) is 15.6. The van der Waals surface area contributed by atoms with Gasteiger partial charge in [0.2, 0.25) is 0 Å². The Morgan fingerprint density at radius 3 is 2.19 bits per heavy atom.